The minimum atomic E-state index is -0.466. The molecule has 4 nitrogen and oxygen atoms in total. The molecule has 1 aromatic rings. The molecule has 0 aliphatic rings. The molecule has 0 saturated carbocycles. The minimum absolute atomic E-state index is 0.0152. The van der Waals surface area contributed by atoms with E-state index in [-0.39, 0.29) is 12.5 Å². The molecule has 0 aromatic heterocycles. The molecule has 1 unspecified atom stereocenters. The van der Waals surface area contributed by atoms with E-state index < -0.39 is 5.41 Å². The lowest BCUT2D eigenvalue weighted by molar-refractivity contribution is -0.116. The molecule has 2 N–H and O–H groups in total. The summed E-state index contributed by atoms with van der Waals surface area (Å²) in [6, 6.07) is 9.72. The van der Waals surface area contributed by atoms with Gasteiger partial charge in [-0.1, -0.05) is 43.3 Å². The molecule has 110 valence electrons. The highest BCUT2D eigenvalue weighted by atomic mass is 16.3. The molecule has 20 heavy (non-hydrogen) atoms. The topological polar surface area (TPSA) is 52.6 Å². The average molecular weight is 276 g/mol. The van der Waals surface area contributed by atoms with E-state index in [1.807, 2.05) is 62.3 Å². The van der Waals surface area contributed by atoms with Gasteiger partial charge in [-0.05, 0) is 19.7 Å². The Morgan fingerprint density at radius 3 is 2.55 bits per heavy atom. The number of aliphatic hydroxyl groups is 1. The van der Waals surface area contributed by atoms with Gasteiger partial charge in [0.1, 0.15) is 0 Å². The maximum Gasteiger partial charge on any atom is 0.243 e. The summed E-state index contributed by atoms with van der Waals surface area (Å²) in [5.74, 6) is -0.137. The Hall–Kier alpha value is -1.65. The van der Waals surface area contributed by atoms with E-state index in [9.17, 15) is 9.90 Å². The van der Waals surface area contributed by atoms with Crippen LogP contribution in [0.25, 0.3) is 0 Å². The maximum absolute atomic E-state index is 11.7. The second-order valence-electron chi connectivity index (χ2n) is 5.47. The number of amides is 1. The van der Waals surface area contributed by atoms with Crippen LogP contribution in [0.5, 0.6) is 0 Å². The third-order valence-electron chi connectivity index (χ3n) is 3.21. The standard InChI is InChI=1S/C16H24N2O2/c1-16(13-19,14-8-5-4-6-9-14)12-17-15(20)10-7-11-18(2)3/h4-10,19H,11-13H2,1-3H3,(H,17,20)/b10-7+. The number of hydrogen-bond acceptors (Lipinski definition) is 3. The van der Waals surface area contributed by atoms with Gasteiger partial charge in [0, 0.05) is 24.6 Å². The number of carbonyl (C=O) groups is 1. The molecule has 0 heterocycles. The second kappa shape index (κ2) is 7.82. The number of benzene rings is 1. The van der Waals surface area contributed by atoms with Gasteiger partial charge in [-0.2, -0.15) is 0 Å². The summed E-state index contributed by atoms with van der Waals surface area (Å²) in [5, 5.41) is 12.5. The summed E-state index contributed by atoms with van der Waals surface area (Å²) in [6.45, 7) is 3.05. The molecule has 0 spiro atoms. The summed E-state index contributed by atoms with van der Waals surface area (Å²) in [6.07, 6.45) is 3.34. The van der Waals surface area contributed by atoms with Crippen LogP contribution in [0.4, 0.5) is 0 Å². The van der Waals surface area contributed by atoms with Crippen LogP contribution in [0.1, 0.15) is 12.5 Å². The zero-order chi connectivity index (χ0) is 15.0. The maximum atomic E-state index is 11.7. The van der Waals surface area contributed by atoms with Crippen molar-refractivity contribution in [1.82, 2.24) is 10.2 Å². The number of rotatable bonds is 7. The van der Waals surface area contributed by atoms with Gasteiger partial charge in [-0.15, -0.1) is 0 Å². The molecular weight excluding hydrogens is 252 g/mol. The number of nitrogens with one attached hydrogen (secondary N) is 1. The van der Waals surface area contributed by atoms with Gasteiger partial charge in [-0.25, -0.2) is 0 Å². The van der Waals surface area contributed by atoms with Gasteiger partial charge in [0.15, 0.2) is 0 Å². The summed E-state index contributed by atoms with van der Waals surface area (Å²) >= 11 is 0. The summed E-state index contributed by atoms with van der Waals surface area (Å²) in [5.41, 5.74) is 0.548. The van der Waals surface area contributed by atoms with Crippen molar-refractivity contribution in [2.75, 3.05) is 33.8 Å². The molecular formula is C16H24N2O2. The molecule has 0 aliphatic heterocycles. The Balaban J connectivity index is 2.57. The zero-order valence-electron chi connectivity index (χ0n) is 12.5. The molecule has 0 bridgehead atoms. The van der Waals surface area contributed by atoms with Crippen molar-refractivity contribution in [2.24, 2.45) is 0 Å². The Bertz CT molecular complexity index is 443. The van der Waals surface area contributed by atoms with Crippen LogP contribution in [-0.2, 0) is 10.2 Å². The number of likely N-dealkylation sites (N-methyl/N-ethyl adjacent to an activating group) is 1. The van der Waals surface area contributed by atoms with Gasteiger partial charge in [0.2, 0.25) is 5.91 Å². The van der Waals surface area contributed by atoms with Crippen LogP contribution in [-0.4, -0.2) is 49.7 Å². The summed E-state index contributed by atoms with van der Waals surface area (Å²) in [4.78, 5) is 13.7. The molecule has 0 aliphatic carbocycles. The van der Waals surface area contributed by atoms with E-state index in [0.29, 0.717) is 6.54 Å². The van der Waals surface area contributed by atoms with E-state index in [4.69, 9.17) is 0 Å². The van der Waals surface area contributed by atoms with E-state index in [2.05, 4.69) is 5.32 Å². The molecule has 1 aromatic carbocycles. The van der Waals surface area contributed by atoms with Gasteiger partial charge < -0.3 is 15.3 Å². The van der Waals surface area contributed by atoms with Gasteiger partial charge in [0.05, 0.1) is 6.61 Å². The fraction of sp³-hybridized carbons (Fsp3) is 0.438. The zero-order valence-corrected chi connectivity index (χ0v) is 12.5. The number of nitrogens with zero attached hydrogens (tertiary/aromatic N) is 1. The van der Waals surface area contributed by atoms with Crippen molar-refractivity contribution in [1.29, 1.82) is 0 Å². The lowest BCUT2D eigenvalue weighted by Crippen LogP contribution is -2.40. The van der Waals surface area contributed by atoms with Crippen LogP contribution in [0.3, 0.4) is 0 Å². The smallest absolute Gasteiger partial charge is 0.243 e. The molecule has 1 atom stereocenters. The highest BCUT2D eigenvalue weighted by Crippen LogP contribution is 2.21. The SMILES string of the molecule is CN(C)C/C=C/C(=O)NCC(C)(CO)c1ccccc1. The first-order valence-corrected chi connectivity index (χ1v) is 6.73. The number of carbonyl (C=O) groups excluding carboxylic acids is 1. The highest BCUT2D eigenvalue weighted by molar-refractivity contribution is 5.87. The monoisotopic (exact) mass is 276 g/mol. The molecule has 0 saturated heterocycles. The second-order valence-corrected chi connectivity index (χ2v) is 5.47. The predicted octanol–water partition coefficient (Wildman–Crippen LogP) is 1.17. The molecule has 1 amide bonds. The van der Waals surface area contributed by atoms with Crippen LogP contribution in [0.2, 0.25) is 0 Å². The largest absolute Gasteiger partial charge is 0.395 e. The normalized spacial score (nSPS) is 14.4. The lowest BCUT2D eigenvalue weighted by Gasteiger charge is -2.28. The highest BCUT2D eigenvalue weighted by Gasteiger charge is 2.25. The number of hydrogen-bond donors (Lipinski definition) is 2. The first-order chi connectivity index (χ1) is 9.48. The van der Waals surface area contributed by atoms with Crippen molar-refractivity contribution in [2.45, 2.75) is 12.3 Å². The van der Waals surface area contributed by atoms with E-state index in [1.54, 1.807) is 0 Å². The fourth-order valence-electron chi connectivity index (χ4n) is 1.80. The van der Waals surface area contributed by atoms with Crippen LogP contribution in [0, 0.1) is 0 Å². The molecule has 1 rings (SSSR count). The van der Waals surface area contributed by atoms with Gasteiger partial charge in [0.25, 0.3) is 0 Å². The third-order valence-corrected chi connectivity index (χ3v) is 3.21. The quantitative estimate of drug-likeness (QED) is 0.735. The Labute approximate surface area is 121 Å². The van der Waals surface area contributed by atoms with Crippen molar-refractivity contribution < 1.29 is 9.90 Å². The molecule has 0 fully saturated rings. The summed E-state index contributed by atoms with van der Waals surface area (Å²) < 4.78 is 0. The Kier molecular flexibility index (Phi) is 6.42. The van der Waals surface area contributed by atoms with E-state index in [0.717, 1.165) is 12.1 Å². The number of aliphatic hydroxyl groups excluding tert-OH is 1. The lowest BCUT2D eigenvalue weighted by atomic mass is 9.83. The van der Waals surface area contributed by atoms with Gasteiger partial charge in [-0.3, -0.25) is 4.79 Å². The van der Waals surface area contributed by atoms with Crippen molar-refractivity contribution in [3.63, 3.8) is 0 Å². The third kappa shape index (κ3) is 5.15. The fourth-order valence-corrected chi connectivity index (χ4v) is 1.80. The predicted molar refractivity (Wildman–Crippen MR) is 81.6 cm³/mol. The van der Waals surface area contributed by atoms with Crippen LogP contribution >= 0.6 is 0 Å². The first kappa shape index (κ1) is 16.4. The first-order valence-electron chi connectivity index (χ1n) is 6.73. The van der Waals surface area contributed by atoms with Gasteiger partial charge >= 0.3 is 0 Å². The van der Waals surface area contributed by atoms with Crippen molar-refractivity contribution >= 4 is 5.91 Å². The van der Waals surface area contributed by atoms with Crippen LogP contribution < -0.4 is 5.32 Å². The summed E-state index contributed by atoms with van der Waals surface area (Å²) in [7, 11) is 3.89. The van der Waals surface area contributed by atoms with Crippen molar-refractivity contribution in [3.05, 3.63) is 48.0 Å². The van der Waals surface area contributed by atoms with E-state index in [1.165, 1.54) is 6.08 Å². The molecule has 0 radical (unpaired) electrons. The average Bonchev–Trinajstić information content (AvgIpc) is 2.45. The minimum Gasteiger partial charge on any atom is -0.395 e. The Morgan fingerprint density at radius 2 is 2.00 bits per heavy atom. The Morgan fingerprint density at radius 1 is 1.35 bits per heavy atom. The van der Waals surface area contributed by atoms with Crippen molar-refractivity contribution in [3.8, 4) is 0 Å². The van der Waals surface area contributed by atoms with E-state index >= 15 is 0 Å². The van der Waals surface area contributed by atoms with Crippen LogP contribution in [0.15, 0.2) is 42.5 Å². The molecule has 4 heteroatoms.